The maximum absolute atomic E-state index is 11.5. The number of amides is 1. The minimum atomic E-state index is 0.247. The molecule has 1 fully saturated rings. The van der Waals surface area contributed by atoms with Gasteiger partial charge in [0, 0.05) is 12.6 Å². The van der Waals surface area contributed by atoms with E-state index in [9.17, 15) is 4.79 Å². The van der Waals surface area contributed by atoms with E-state index in [4.69, 9.17) is 0 Å². The van der Waals surface area contributed by atoms with Crippen molar-refractivity contribution in [1.82, 2.24) is 4.90 Å². The second-order valence-corrected chi connectivity index (χ2v) is 7.72. The Morgan fingerprint density at radius 2 is 1.96 bits per heavy atom. The maximum atomic E-state index is 11.5. The molecule has 1 atom stereocenters. The number of unbranched alkanes of at least 4 members (excludes halogenated alkanes) is 4. The molecule has 1 unspecified atom stereocenters. The van der Waals surface area contributed by atoms with Gasteiger partial charge < -0.3 is 4.90 Å². The molecule has 26 heavy (non-hydrogen) atoms. The predicted molar refractivity (Wildman–Crippen MR) is 111 cm³/mol. The first-order chi connectivity index (χ1) is 12.8. The van der Waals surface area contributed by atoms with Crippen molar-refractivity contribution in [1.29, 1.82) is 0 Å². The van der Waals surface area contributed by atoms with E-state index in [0.717, 1.165) is 44.6 Å². The first-order valence-electron chi connectivity index (χ1n) is 10.7. The highest BCUT2D eigenvalue weighted by Gasteiger charge is 2.23. The monoisotopic (exact) mass is 355 g/mol. The van der Waals surface area contributed by atoms with Crippen LogP contribution in [-0.4, -0.2) is 23.9 Å². The van der Waals surface area contributed by atoms with Crippen molar-refractivity contribution >= 4 is 6.41 Å². The van der Waals surface area contributed by atoms with Crippen LogP contribution in [-0.2, 0) is 11.2 Å². The molecule has 0 spiro atoms. The Bertz CT molecular complexity index is 547. The molecule has 2 heteroatoms. The minimum absolute atomic E-state index is 0.247. The Morgan fingerprint density at radius 1 is 1.15 bits per heavy atom. The first kappa shape index (κ1) is 20.7. The third-order valence-electron chi connectivity index (χ3n) is 5.46. The molecule has 0 N–H and O–H groups in total. The Morgan fingerprint density at radius 3 is 2.65 bits per heavy atom. The molecule has 1 aromatic rings. The highest BCUT2D eigenvalue weighted by molar-refractivity contribution is 5.48. The van der Waals surface area contributed by atoms with Gasteiger partial charge in [0.2, 0.25) is 6.41 Å². The molecule has 1 aliphatic rings. The molecule has 0 aliphatic heterocycles. The van der Waals surface area contributed by atoms with Crippen LogP contribution in [0.1, 0.15) is 88.7 Å². The number of nitrogens with zero attached hydrogens (tertiary/aromatic N) is 1. The van der Waals surface area contributed by atoms with Crippen LogP contribution < -0.4 is 0 Å². The minimum Gasteiger partial charge on any atom is -0.339 e. The lowest BCUT2D eigenvalue weighted by molar-refractivity contribution is -0.119. The lowest BCUT2D eigenvalue weighted by Gasteiger charge is -2.25. The fourth-order valence-electron chi connectivity index (χ4n) is 3.60. The highest BCUT2D eigenvalue weighted by Crippen LogP contribution is 2.40. The summed E-state index contributed by atoms with van der Waals surface area (Å²) in [6.45, 7) is 5.29. The molecule has 2 rings (SSSR count). The average molecular weight is 356 g/mol. The summed E-state index contributed by atoms with van der Waals surface area (Å²) in [5.41, 5.74) is 2.96. The van der Waals surface area contributed by atoms with Crippen molar-refractivity contribution in [3.63, 3.8) is 0 Å². The van der Waals surface area contributed by atoms with Crippen LogP contribution in [0.2, 0.25) is 0 Å². The number of hydrogen-bond acceptors (Lipinski definition) is 1. The van der Waals surface area contributed by atoms with Crippen LogP contribution in [0.4, 0.5) is 0 Å². The molecular weight excluding hydrogens is 318 g/mol. The van der Waals surface area contributed by atoms with Crippen molar-refractivity contribution in [3.8, 4) is 0 Å². The Labute approximate surface area is 160 Å². The van der Waals surface area contributed by atoms with Gasteiger partial charge in [-0.1, -0.05) is 75.9 Å². The maximum Gasteiger partial charge on any atom is 0.210 e. The zero-order valence-electron chi connectivity index (χ0n) is 16.8. The van der Waals surface area contributed by atoms with Gasteiger partial charge in [-0.25, -0.2) is 0 Å². The van der Waals surface area contributed by atoms with Crippen molar-refractivity contribution in [2.75, 3.05) is 6.54 Å². The van der Waals surface area contributed by atoms with Gasteiger partial charge >= 0.3 is 0 Å². The average Bonchev–Trinajstić information content (AvgIpc) is 3.51. The van der Waals surface area contributed by atoms with Gasteiger partial charge in [0.15, 0.2) is 0 Å². The lowest BCUT2D eigenvalue weighted by Crippen LogP contribution is -2.33. The summed E-state index contributed by atoms with van der Waals surface area (Å²) in [4.78, 5) is 13.5. The normalized spacial score (nSPS) is 15.3. The van der Waals surface area contributed by atoms with Gasteiger partial charge in [-0.3, -0.25) is 4.79 Å². The van der Waals surface area contributed by atoms with Crippen molar-refractivity contribution < 1.29 is 4.79 Å². The third kappa shape index (κ3) is 7.35. The van der Waals surface area contributed by atoms with Crippen molar-refractivity contribution in [3.05, 3.63) is 47.5 Å². The summed E-state index contributed by atoms with van der Waals surface area (Å²) >= 11 is 0. The van der Waals surface area contributed by atoms with Crippen LogP contribution in [0.3, 0.4) is 0 Å². The lowest BCUT2D eigenvalue weighted by atomic mass is 10.0. The highest BCUT2D eigenvalue weighted by atomic mass is 16.1. The van der Waals surface area contributed by atoms with Gasteiger partial charge in [-0.05, 0) is 55.6 Å². The predicted octanol–water partition coefficient (Wildman–Crippen LogP) is 6.26. The quantitative estimate of drug-likeness (QED) is 0.219. The molecule has 0 aromatic heterocycles. The van der Waals surface area contributed by atoms with Crippen molar-refractivity contribution in [2.45, 2.75) is 90.0 Å². The number of aryl methyl sites for hydroxylation is 1. The number of rotatable bonds is 14. The second-order valence-electron chi connectivity index (χ2n) is 7.72. The van der Waals surface area contributed by atoms with Gasteiger partial charge in [0.05, 0.1) is 0 Å². The van der Waals surface area contributed by atoms with Crippen LogP contribution >= 0.6 is 0 Å². The SMILES string of the molecule is CCCCCCCN(C=O)C(/C=C/CCc1cccc(C2CC2)c1)CC. The number of allylic oxidation sites excluding steroid dienone is 1. The summed E-state index contributed by atoms with van der Waals surface area (Å²) in [6, 6.07) is 9.35. The molecule has 0 radical (unpaired) electrons. The van der Waals surface area contributed by atoms with Crippen LogP contribution in [0.25, 0.3) is 0 Å². The molecule has 1 saturated carbocycles. The van der Waals surface area contributed by atoms with E-state index >= 15 is 0 Å². The summed E-state index contributed by atoms with van der Waals surface area (Å²) in [5.74, 6) is 0.827. The number of carbonyl (C=O) groups excluding carboxylic acids is 1. The van der Waals surface area contributed by atoms with E-state index in [1.807, 2.05) is 4.90 Å². The fourth-order valence-corrected chi connectivity index (χ4v) is 3.60. The van der Waals surface area contributed by atoms with Gasteiger partial charge in [0.1, 0.15) is 0 Å². The Kier molecular flexibility index (Phi) is 9.52. The topological polar surface area (TPSA) is 20.3 Å². The second kappa shape index (κ2) is 11.9. The summed E-state index contributed by atoms with van der Waals surface area (Å²) < 4.78 is 0. The smallest absolute Gasteiger partial charge is 0.210 e. The summed E-state index contributed by atoms with van der Waals surface area (Å²) in [6.07, 6.45) is 17.6. The molecule has 0 saturated heterocycles. The third-order valence-corrected chi connectivity index (χ3v) is 5.46. The van der Waals surface area contributed by atoms with E-state index < -0.39 is 0 Å². The number of carbonyl (C=O) groups is 1. The molecule has 144 valence electrons. The molecule has 1 amide bonds. The van der Waals surface area contributed by atoms with Gasteiger partial charge in [-0.2, -0.15) is 0 Å². The van der Waals surface area contributed by atoms with E-state index in [1.54, 1.807) is 0 Å². The fraction of sp³-hybridized carbons (Fsp3) is 0.625. The zero-order valence-corrected chi connectivity index (χ0v) is 16.8. The first-order valence-corrected chi connectivity index (χ1v) is 10.7. The van der Waals surface area contributed by atoms with Gasteiger partial charge in [0.25, 0.3) is 0 Å². The molecule has 0 bridgehead atoms. The van der Waals surface area contributed by atoms with Crippen LogP contribution in [0.5, 0.6) is 0 Å². The molecule has 1 aromatic carbocycles. The van der Waals surface area contributed by atoms with Gasteiger partial charge in [-0.15, -0.1) is 0 Å². The van der Waals surface area contributed by atoms with E-state index in [1.165, 1.54) is 49.7 Å². The summed E-state index contributed by atoms with van der Waals surface area (Å²) in [5, 5.41) is 0. The molecular formula is C24H37NO. The summed E-state index contributed by atoms with van der Waals surface area (Å²) in [7, 11) is 0. The zero-order chi connectivity index (χ0) is 18.6. The van der Waals surface area contributed by atoms with E-state index in [-0.39, 0.29) is 6.04 Å². The van der Waals surface area contributed by atoms with Crippen molar-refractivity contribution in [2.24, 2.45) is 0 Å². The Balaban J connectivity index is 1.74. The largest absolute Gasteiger partial charge is 0.339 e. The molecule has 0 heterocycles. The van der Waals surface area contributed by atoms with E-state index in [2.05, 4.69) is 50.3 Å². The number of hydrogen-bond donors (Lipinski definition) is 0. The van der Waals surface area contributed by atoms with E-state index in [0.29, 0.717) is 0 Å². The Hall–Kier alpha value is -1.57. The standard InChI is InChI=1S/C24H37NO/c1-3-5-6-7-10-18-25(20-26)24(4-2)15-9-8-12-21-13-11-14-23(19-21)22-16-17-22/h9,11,13-15,19-20,22,24H,3-8,10,12,16-18H2,1-2H3/b15-9+. The van der Waals surface area contributed by atoms with Crippen LogP contribution in [0, 0.1) is 0 Å². The molecule has 1 aliphatic carbocycles. The molecule has 2 nitrogen and oxygen atoms in total. The van der Waals surface area contributed by atoms with Crippen LogP contribution in [0.15, 0.2) is 36.4 Å². The number of benzene rings is 1.